The Morgan fingerprint density at radius 1 is 1.10 bits per heavy atom. The molecule has 2 rings (SSSR count). The molecular formula is C17H19NO2. The van der Waals surface area contributed by atoms with Crippen LogP contribution in [0.5, 0.6) is 0 Å². The number of rotatable bonds is 5. The summed E-state index contributed by atoms with van der Waals surface area (Å²) in [7, 11) is 0. The molecule has 0 aliphatic carbocycles. The lowest BCUT2D eigenvalue weighted by Gasteiger charge is -2.09. The summed E-state index contributed by atoms with van der Waals surface area (Å²) in [6.07, 6.45) is 1.15. The van der Waals surface area contributed by atoms with Crippen LogP contribution in [0.4, 0.5) is 5.69 Å². The van der Waals surface area contributed by atoms with Gasteiger partial charge in [0.1, 0.15) is 0 Å². The lowest BCUT2D eigenvalue weighted by molar-refractivity contribution is -0.116. The Labute approximate surface area is 119 Å². The standard InChI is InChI=1S/C17H19NO2/c1-13-6-8-14(9-7-13)10-11-17(20)18-16-5-3-2-4-15(16)12-19/h2-9,19H,10-12H2,1H3,(H,18,20). The largest absolute Gasteiger partial charge is 0.392 e. The van der Waals surface area contributed by atoms with E-state index in [2.05, 4.69) is 5.32 Å². The molecule has 0 aliphatic heterocycles. The van der Waals surface area contributed by atoms with Crippen LogP contribution in [0.2, 0.25) is 0 Å². The maximum Gasteiger partial charge on any atom is 0.224 e. The van der Waals surface area contributed by atoms with Gasteiger partial charge in [-0.3, -0.25) is 4.79 Å². The molecule has 0 spiro atoms. The van der Waals surface area contributed by atoms with Crippen LogP contribution in [0.1, 0.15) is 23.1 Å². The van der Waals surface area contributed by atoms with E-state index >= 15 is 0 Å². The number of anilines is 1. The van der Waals surface area contributed by atoms with E-state index in [9.17, 15) is 9.90 Å². The van der Waals surface area contributed by atoms with Crippen LogP contribution in [-0.2, 0) is 17.8 Å². The first-order chi connectivity index (χ1) is 9.69. The molecule has 0 saturated carbocycles. The molecule has 0 aromatic heterocycles. The Morgan fingerprint density at radius 2 is 1.80 bits per heavy atom. The van der Waals surface area contributed by atoms with Gasteiger partial charge in [0.15, 0.2) is 0 Å². The Kier molecular flexibility index (Phi) is 4.91. The molecule has 2 aromatic rings. The molecule has 0 heterocycles. The maximum absolute atomic E-state index is 11.9. The van der Waals surface area contributed by atoms with Crippen molar-refractivity contribution in [1.82, 2.24) is 0 Å². The number of para-hydroxylation sites is 1. The van der Waals surface area contributed by atoms with E-state index in [4.69, 9.17) is 0 Å². The number of hydrogen-bond donors (Lipinski definition) is 2. The van der Waals surface area contributed by atoms with Gasteiger partial charge in [0.05, 0.1) is 6.61 Å². The molecule has 20 heavy (non-hydrogen) atoms. The van der Waals surface area contributed by atoms with Crippen LogP contribution < -0.4 is 5.32 Å². The number of hydrogen-bond acceptors (Lipinski definition) is 2. The van der Waals surface area contributed by atoms with Crippen molar-refractivity contribution in [3.63, 3.8) is 0 Å². The molecule has 0 fully saturated rings. The lowest BCUT2D eigenvalue weighted by Crippen LogP contribution is -2.13. The smallest absolute Gasteiger partial charge is 0.224 e. The predicted octanol–water partition coefficient (Wildman–Crippen LogP) is 3.06. The number of aliphatic hydroxyl groups excluding tert-OH is 1. The van der Waals surface area contributed by atoms with Gasteiger partial charge in [0.25, 0.3) is 0 Å². The van der Waals surface area contributed by atoms with E-state index in [0.717, 1.165) is 11.1 Å². The number of benzene rings is 2. The quantitative estimate of drug-likeness (QED) is 0.876. The van der Waals surface area contributed by atoms with Crippen molar-refractivity contribution in [1.29, 1.82) is 0 Å². The summed E-state index contributed by atoms with van der Waals surface area (Å²) in [5.74, 6) is -0.0357. The first-order valence-electron chi connectivity index (χ1n) is 6.73. The van der Waals surface area contributed by atoms with E-state index in [-0.39, 0.29) is 12.5 Å². The summed E-state index contributed by atoms with van der Waals surface area (Å²) in [6.45, 7) is 1.97. The van der Waals surface area contributed by atoms with Gasteiger partial charge in [-0.2, -0.15) is 0 Å². The third-order valence-electron chi connectivity index (χ3n) is 3.22. The lowest BCUT2D eigenvalue weighted by atomic mass is 10.1. The molecule has 1 amide bonds. The summed E-state index contributed by atoms with van der Waals surface area (Å²) in [5, 5.41) is 12.1. The summed E-state index contributed by atoms with van der Waals surface area (Å²) in [6, 6.07) is 15.5. The van der Waals surface area contributed by atoms with E-state index in [1.165, 1.54) is 5.56 Å². The van der Waals surface area contributed by atoms with Gasteiger partial charge in [-0.1, -0.05) is 48.0 Å². The molecule has 2 aromatic carbocycles. The van der Waals surface area contributed by atoms with Gasteiger partial charge in [0, 0.05) is 17.7 Å². The zero-order chi connectivity index (χ0) is 14.4. The fraction of sp³-hybridized carbons (Fsp3) is 0.235. The highest BCUT2D eigenvalue weighted by molar-refractivity contribution is 5.91. The molecule has 3 nitrogen and oxygen atoms in total. The number of nitrogens with one attached hydrogen (secondary N) is 1. The Hall–Kier alpha value is -2.13. The third kappa shape index (κ3) is 3.93. The molecule has 0 saturated heterocycles. The predicted molar refractivity (Wildman–Crippen MR) is 80.5 cm³/mol. The SMILES string of the molecule is Cc1ccc(CCC(=O)Nc2ccccc2CO)cc1. The normalized spacial score (nSPS) is 10.3. The monoisotopic (exact) mass is 269 g/mol. The molecule has 0 bridgehead atoms. The first-order valence-corrected chi connectivity index (χ1v) is 6.73. The fourth-order valence-corrected chi connectivity index (χ4v) is 2.01. The van der Waals surface area contributed by atoms with Crippen LogP contribution in [-0.4, -0.2) is 11.0 Å². The highest BCUT2D eigenvalue weighted by Gasteiger charge is 2.06. The molecule has 0 aliphatic rings. The molecule has 0 radical (unpaired) electrons. The third-order valence-corrected chi connectivity index (χ3v) is 3.22. The van der Waals surface area contributed by atoms with Gasteiger partial charge in [-0.15, -0.1) is 0 Å². The van der Waals surface area contributed by atoms with Crippen LogP contribution in [0, 0.1) is 6.92 Å². The van der Waals surface area contributed by atoms with Gasteiger partial charge in [-0.25, -0.2) is 0 Å². The maximum atomic E-state index is 11.9. The van der Waals surface area contributed by atoms with Gasteiger partial charge < -0.3 is 10.4 Å². The van der Waals surface area contributed by atoms with E-state index < -0.39 is 0 Å². The molecule has 0 unspecified atom stereocenters. The summed E-state index contributed by atoms with van der Waals surface area (Å²) < 4.78 is 0. The molecule has 0 atom stereocenters. The molecule has 3 heteroatoms. The van der Waals surface area contributed by atoms with Crippen molar-refractivity contribution in [2.45, 2.75) is 26.4 Å². The van der Waals surface area contributed by atoms with Crippen molar-refractivity contribution < 1.29 is 9.90 Å². The van der Waals surface area contributed by atoms with Crippen LogP contribution in [0.15, 0.2) is 48.5 Å². The first kappa shape index (κ1) is 14.3. The van der Waals surface area contributed by atoms with Gasteiger partial charge in [-0.05, 0) is 25.0 Å². The highest BCUT2D eigenvalue weighted by atomic mass is 16.3. The van der Waals surface area contributed by atoms with E-state index in [0.29, 0.717) is 18.5 Å². The molecular weight excluding hydrogens is 250 g/mol. The molecule has 104 valence electrons. The summed E-state index contributed by atoms with van der Waals surface area (Å²) in [5.41, 5.74) is 3.79. The number of aliphatic hydroxyl groups is 1. The number of amides is 1. The van der Waals surface area contributed by atoms with Crippen molar-refractivity contribution in [3.8, 4) is 0 Å². The zero-order valence-electron chi connectivity index (χ0n) is 11.6. The average Bonchev–Trinajstić information content (AvgIpc) is 2.47. The number of carbonyl (C=O) groups is 1. The average molecular weight is 269 g/mol. The highest BCUT2D eigenvalue weighted by Crippen LogP contribution is 2.15. The van der Waals surface area contributed by atoms with Gasteiger partial charge in [0.2, 0.25) is 5.91 Å². The van der Waals surface area contributed by atoms with Crippen LogP contribution in [0.25, 0.3) is 0 Å². The van der Waals surface area contributed by atoms with E-state index in [1.807, 2.05) is 43.3 Å². The second-order valence-electron chi connectivity index (χ2n) is 4.85. The summed E-state index contributed by atoms with van der Waals surface area (Å²) in [4.78, 5) is 11.9. The van der Waals surface area contributed by atoms with Crippen LogP contribution >= 0.6 is 0 Å². The number of carbonyl (C=O) groups excluding carboxylic acids is 1. The van der Waals surface area contributed by atoms with Crippen LogP contribution in [0.3, 0.4) is 0 Å². The van der Waals surface area contributed by atoms with E-state index in [1.54, 1.807) is 12.1 Å². The fourth-order valence-electron chi connectivity index (χ4n) is 2.01. The van der Waals surface area contributed by atoms with Crippen molar-refractivity contribution in [3.05, 3.63) is 65.2 Å². The zero-order valence-corrected chi connectivity index (χ0v) is 11.6. The topological polar surface area (TPSA) is 49.3 Å². The van der Waals surface area contributed by atoms with Crippen molar-refractivity contribution >= 4 is 11.6 Å². The second-order valence-corrected chi connectivity index (χ2v) is 4.85. The van der Waals surface area contributed by atoms with Crippen molar-refractivity contribution in [2.24, 2.45) is 0 Å². The molecule has 2 N–H and O–H groups in total. The summed E-state index contributed by atoms with van der Waals surface area (Å²) >= 11 is 0. The Bertz CT molecular complexity index is 576. The Balaban J connectivity index is 1.91. The Morgan fingerprint density at radius 3 is 2.50 bits per heavy atom. The van der Waals surface area contributed by atoms with Gasteiger partial charge >= 0.3 is 0 Å². The second kappa shape index (κ2) is 6.87. The van der Waals surface area contributed by atoms with Crippen molar-refractivity contribution in [2.75, 3.05) is 5.32 Å². The minimum absolute atomic E-state index is 0.0357. The minimum Gasteiger partial charge on any atom is -0.392 e. The number of aryl methyl sites for hydroxylation is 2. The minimum atomic E-state index is -0.0750.